The van der Waals surface area contributed by atoms with E-state index >= 15 is 0 Å². The van der Waals surface area contributed by atoms with Gasteiger partial charge in [0.15, 0.2) is 0 Å². The first-order chi connectivity index (χ1) is 17.8. The second kappa shape index (κ2) is 10.6. The van der Waals surface area contributed by atoms with E-state index in [0.29, 0.717) is 33.8 Å². The quantitative estimate of drug-likeness (QED) is 0.221. The molecule has 0 radical (unpaired) electrons. The molecule has 3 aromatic rings. The summed E-state index contributed by atoms with van der Waals surface area (Å²) in [4.78, 5) is 39.9. The van der Waals surface area contributed by atoms with Crippen LogP contribution in [0.2, 0.25) is 0 Å². The second-order valence-corrected chi connectivity index (χ2v) is 8.59. The van der Waals surface area contributed by atoms with Crippen LogP contribution in [0.15, 0.2) is 72.3 Å². The van der Waals surface area contributed by atoms with Crippen molar-refractivity contribution in [2.75, 3.05) is 21.3 Å². The van der Waals surface area contributed by atoms with Crippen LogP contribution in [0, 0.1) is 6.92 Å². The Balaban J connectivity index is 1.84. The maximum absolute atomic E-state index is 13.4. The number of hydrogen-bond acceptors (Lipinski definition) is 7. The monoisotopic (exact) mass is 501 g/mol. The number of aliphatic hydroxyl groups excluding tert-OH is 1. The average molecular weight is 502 g/mol. The van der Waals surface area contributed by atoms with Gasteiger partial charge in [-0.2, -0.15) is 0 Å². The zero-order valence-corrected chi connectivity index (χ0v) is 21.0. The fourth-order valence-corrected chi connectivity index (χ4v) is 4.39. The number of esters is 1. The fraction of sp³-hybridized carbons (Fsp3) is 0.207. The number of nitrogens with zero attached hydrogens (tertiary/aromatic N) is 1. The zero-order chi connectivity index (χ0) is 26.7. The average Bonchev–Trinajstić information content (AvgIpc) is 3.17. The molecular formula is C29H27NO7. The smallest absolute Gasteiger partial charge is 0.337 e. The number of rotatable bonds is 7. The van der Waals surface area contributed by atoms with Crippen LogP contribution in [0.3, 0.4) is 0 Å². The van der Waals surface area contributed by atoms with E-state index in [1.807, 2.05) is 13.0 Å². The number of aliphatic hydroxyl groups is 1. The van der Waals surface area contributed by atoms with E-state index in [1.165, 1.54) is 19.1 Å². The highest BCUT2D eigenvalue weighted by Crippen LogP contribution is 2.42. The Morgan fingerprint density at radius 2 is 1.59 bits per heavy atom. The summed E-state index contributed by atoms with van der Waals surface area (Å²) >= 11 is 0. The number of likely N-dealkylation sites (tertiary alicyclic amines) is 1. The van der Waals surface area contributed by atoms with Crippen molar-refractivity contribution in [1.29, 1.82) is 0 Å². The summed E-state index contributed by atoms with van der Waals surface area (Å²) in [5.41, 5.74) is 2.82. The van der Waals surface area contributed by atoms with Gasteiger partial charge >= 0.3 is 5.97 Å². The van der Waals surface area contributed by atoms with Crippen LogP contribution >= 0.6 is 0 Å². The molecule has 0 aromatic heterocycles. The van der Waals surface area contributed by atoms with E-state index in [2.05, 4.69) is 0 Å². The molecule has 1 N–H and O–H groups in total. The lowest BCUT2D eigenvalue weighted by atomic mass is 9.94. The number of Topliss-reactive ketones (excluding diaryl/α,β-unsaturated/α-hetero) is 1. The molecule has 1 amide bonds. The Kier molecular flexibility index (Phi) is 7.29. The van der Waals surface area contributed by atoms with E-state index in [-0.39, 0.29) is 17.9 Å². The third-order valence-electron chi connectivity index (χ3n) is 6.31. The highest BCUT2D eigenvalue weighted by atomic mass is 16.5. The summed E-state index contributed by atoms with van der Waals surface area (Å²) in [7, 11) is 4.32. The van der Waals surface area contributed by atoms with Crippen LogP contribution in [0.4, 0.5) is 0 Å². The van der Waals surface area contributed by atoms with Crippen LogP contribution in [-0.2, 0) is 20.9 Å². The minimum atomic E-state index is -0.864. The number of aryl methyl sites for hydroxylation is 1. The van der Waals surface area contributed by atoms with Crippen LogP contribution in [0.25, 0.3) is 5.76 Å². The Bertz CT molecular complexity index is 1370. The molecule has 3 aromatic carbocycles. The van der Waals surface area contributed by atoms with Crippen molar-refractivity contribution >= 4 is 23.4 Å². The first-order valence-electron chi connectivity index (χ1n) is 11.5. The molecule has 37 heavy (non-hydrogen) atoms. The van der Waals surface area contributed by atoms with Gasteiger partial charge in [-0.1, -0.05) is 35.9 Å². The second-order valence-electron chi connectivity index (χ2n) is 8.59. The van der Waals surface area contributed by atoms with Gasteiger partial charge in [0.05, 0.1) is 44.1 Å². The van der Waals surface area contributed by atoms with Crippen molar-refractivity contribution in [3.63, 3.8) is 0 Å². The molecule has 8 heteroatoms. The Labute approximate surface area is 214 Å². The summed E-state index contributed by atoms with van der Waals surface area (Å²) in [6.45, 7) is 1.93. The van der Waals surface area contributed by atoms with Crippen LogP contribution in [0.1, 0.15) is 38.7 Å². The van der Waals surface area contributed by atoms with Gasteiger partial charge in [0.2, 0.25) is 0 Å². The summed E-state index contributed by atoms with van der Waals surface area (Å²) in [6.07, 6.45) is 0. The number of hydrogen-bond donors (Lipinski definition) is 1. The minimum absolute atomic E-state index is 0.0368. The number of amides is 1. The summed E-state index contributed by atoms with van der Waals surface area (Å²) in [6, 6.07) is 17.9. The largest absolute Gasteiger partial charge is 0.507 e. The normalized spacial score (nSPS) is 16.5. The predicted molar refractivity (Wildman–Crippen MR) is 136 cm³/mol. The third-order valence-corrected chi connectivity index (χ3v) is 6.31. The van der Waals surface area contributed by atoms with E-state index in [4.69, 9.17) is 14.2 Å². The number of carbonyl (C=O) groups is 3. The van der Waals surface area contributed by atoms with Gasteiger partial charge in [-0.15, -0.1) is 0 Å². The molecular weight excluding hydrogens is 474 g/mol. The maximum Gasteiger partial charge on any atom is 0.337 e. The lowest BCUT2D eigenvalue weighted by Crippen LogP contribution is -2.29. The predicted octanol–water partition coefficient (Wildman–Crippen LogP) is 4.42. The molecule has 1 aliphatic heterocycles. The molecule has 1 atom stereocenters. The molecule has 0 bridgehead atoms. The van der Waals surface area contributed by atoms with Gasteiger partial charge in [0, 0.05) is 6.54 Å². The molecule has 1 heterocycles. The highest BCUT2D eigenvalue weighted by Gasteiger charge is 2.46. The van der Waals surface area contributed by atoms with Crippen molar-refractivity contribution < 1.29 is 33.7 Å². The van der Waals surface area contributed by atoms with Gasteiger partial charge in [0.1, 0.15) is 17.3 Å². The summed E-state index contributed by atoms with van der Waals surface area (Å²) in [5.74, 6) is -1.35. The standard InChI is InChI=1S/C29H27NO7/c1-17-5-14-23(36-3)22(15-17)26(31)24-25(19-10-12-21(35-2)13-11-19)30(28(33)27(24)32)16-18-6-8-20(9-7-18)29(34)37-4/h5-15,25,31H,16H2,1-4H3/b26-24+. The number of methoxy groups -OCH3 is 3. The molecule has 1 aliphatic rings. The molecule has 0 saturated carbocycles. The van der Waals surface area contributed by atoms with E-state index in [0.717, 1.165) is 5.56 Å². The van der Waals surface area contributed by atoms with E-state index < -0.39 is 23.7 Å². The SMILES string of the molecule is COC(=O)c1ccc(CN2C(=O)C(=O)/C(=C(/O)c3cc(C)ccc3OC)C2c2ccc(OC)cc2)cc1. The molecule has 4 rings (SSSR count). The number of ether oxygens (including phenoxy) is 3. The number of ketones is 1. The molecule has 190 valence electrons. The highest BCUT2D eigenvalue weighted by molar-refractivity contribution is 6.46. The lowest BCUT2D eigenvalue weighted by molar-refractivity contribution is -0.140. The molecule has 1 unspecified atom stereocenters. The topological polar surface area (TPSA) is 102 Å². The maximum atomic E-state index is 13.4. The van der Waals surface area contributed by atoms with E-state index in [1.54, 1.807) is 67.8 Å². The van der Waals surface area contributed by atoms with E-state index in [9.17, 15) is 19.5 Å². The molecule has 1 saturated heterocycles. The molecule has 0 spiro atoms. The lowest BCUT2D eigenvalue weighted by Gasteiger charge is -2.26. The van der Waals surface area contributed by atoms with Crippen molar-refractivity contribution in [2.24, 2.45) is 0 Å². The molecule has 8 nitrogen and oxygen atoms in total. The van der Waals surface area contributed by atoms with Crippen molar-refractivity contribution in [2.45, 2.75) is 19.5 Å². The van der Waals surface area contributed by atoms with Gasteiger partial charge < -0.3 is 24.2 Å². The Hall–Kier alpha value is -4.59. The molecule has 0 aliphatic carbocycles. The number of benzene rings is 3. The number of carbonyl (C=O) groups excluding carboxylic acids is 3. The third kappa shape index (κ3) is 4.91. The summed E-state index contributed by atoms with van der Waals surface area (Å²) in [5, 5.41) is 11.4. The first-order valence-corrected chi connectivity index (χ1v) is 11.5. The minimum Gasteiger partial charge on any atom is -0.507 e. The van der Waals surface area contributed by atoms with Crippen molar-refractivity contribution in [3.8, 4) is 11.5 Å². The van der Waals surface area contributed by atoms with Crippen LogP contribution in [0.5, 0.6) is 11.5 Å². The fourth-order valence-electron chi connectivity index (χ4n) is 4.39. The van der Waals surface area contributed by atoms with Crippen molar-refractivity contribution in [3.05, 3.63) is 100 Å². The van der Waals surface area contributed by atoms with Gasteiger partial charge in [-0.05, 0) is 54.4 Å². The van der Waals surface area contributed by atoms with Gasteiger partial charge in [0.25, 0.3) is 11.7 Å². The summed E-state index contributed by atoms with van der Waals surface area (Å²) < 4.78 is 15.4. The Morgan fingerprint density at radius 1 is 0.919 bits per heavy atom. The van der Waals surface area contributed by atoms with Gasteiger partial charge in [-0.3, -0.25) is 9.59 Å². The van der Waals surface area contributed by atoms with Gasteiger partial charge in [-0.25, -0.2) is 4.79 Å². The zero-order valence-electron chi connectivity index (χ0n) is 21.0. The molecule has 1 fully saturated rings. The van der Waals surface area contributed by atoms with Crippen molar-refractivity contribution in [1.82, 2.24) is 4.90 Å². The first kappa shape index (κ1) is 25.5. The van der Waals surface area contributed by atoms with Crippen LogP contribution in [-0.4, -0.2) is 49.0 Å². The van der Waals surface area contributed by atoms with Crippen LogP contribution < -0.4 is 9.47 Å². The Morgan fingerprint density at radius 3 is 2.19 bits per heavy atom.